The normalized spacial score (nSPS) is 16.9. The molecule has 1 aliphatic rings. The fourth-order valence-corrected chi connectivity index (χ4v) is 2.57. The van der Waals surface area contributed by atoms with Crippen LogP contribution >= 0.6 is 0 Å². The van der Waals surface area contributed by atoms with Gasteiger partial charge >= 0.3 is 0 Å². The number of carbonyl (C=O) groups is 1. The number of amides is 1. The highest BCUT2D eigenvalue weighted by molar-refractivity contribution is 5.78. The highest BCUT2D eigenvalue weighted by Gasteiger charge is 2.30. The molecule has 2 rings (SSSR count). The smallest absolute Gasteiger partial charge is 0.225 e. The lowest BCUT2D eigenvalue weighted by atomic mass is 9.88. The average molecular weight is 274 g/mol. The quantitative estimate of drug-likeness (QED) is 0.895. The molecule has 1 atom stereocenters. The van der Waals surface area contributed by atoms with Crippen LogP contribution in [0.1, 0.15) is 37.8 Å². The van der Waals surface area contributed by atoms with Crippen LogP contribution < -0.4 is 5.32 Å². The summed E-state index contributed by atoms with van der Waals surface area (Å²) in [6.07, 6.45) is 0. The van der Waals surface area contributed by atoms with Crippen LogP contribution in [-0.2, 0) is 11.3 Å². The standard InChI is InChI=1S/C17H26N2O/c1-12(2)15-7-5-14(6-8-15)11-19(4)17(20)13(3)16-9-18-10-16/h5-8,12-13,16,18H,9-11H2,1-4H3. The number of nitrogens with one attached hydrogen (secondary N) is 1. The monoisotopic (exact) mass is 274 g/mol. The molecule has 110 valence electrons. The number of carbonyl (C=O) groups excluding carboxylic acids is 1. The van der Waals surface area contributed by atoms with Crippen molar-refractivity contribution in [1.29, 1.82) is 0 Å². The summed E-state index contributed by atoms with van der Waals surface area (Å²) in [7, 11) is 1.90. The predicted octanol–water partition coefficient (Wildman–Crippen LogP) is 2.62. The van der Waals surface area contributed by atoms with E-state index in [2.05, 4.69) is 43.4 Å². The summed E-state index contributed by atoms with van der Waals surface area (Å²) >= 11 is 0. The van der Waals surface area contributed by atoms with Crippen molar-refractivity contribution in [2.24, 2.45) is 11.8 Å². The van der Waals surface area contributed by atoms with E-state index < -0.39 is 0 Å². The lowest BCUT2D eigenvalue weighted by Gasteiger charge is -2.34. The van der Waals surface area contributed by atoms with Gasteiger partial charge in [-0.1, -0.05) is 45.0 Å². The van der Waals surface area contributed by atoms with Crippen LogP contribution in [0.4, 0.5) is 0 Å². The minimum Gasteiger partial charge on any atom is -0.341 e. The lowest BCUT2D eigenvalue weighted by molar-refractivity contribution is -0.136. The number of benzene rings is 1. The molecule has 1 saturated heterocycles. The van der Waals surface area contributed by atoms with Crippen LogP contribution in [-0.4, -0.2) is 30.9 Å². The van der Waals surface area contributed by atoms with Crippen molar-refractivity contribution in [2.45, 2.75) is 33.2 Å². The molecule has 3 nitrogen and oxygen atoms in total. The van der Waals surface area contributed by atoms with Crippen LogP contribution in [0.2, 0.25) is 0 Å². The van der Waals surface area contributed by atoms with Crippen molar-refractivity contribution < 1.29 is 4.79 Å². The van der Waals surface area contributed by atoms with Crippen LogP contribution in [0.25, 0.3) is 0 Å². The maximum atomic E-state index is 12.4. The summed E-state index contributed by atoms with van der Waals surface area (Å²) in [6.45, 7) is 9.08. The second-order valence-electron chi connectivity index (χ2n) is 6.30. The molecule has 1 aliphatic heterocycles. The second kappa shape index (κ2) is 6.40. The number of rotatable bonds is 5. The first-order chi connectivity index (χ1) is 9.49. The van der Waals surface area contributed by atoms with Gasteiger partial charge in [-0.05, 0) is 36.1 Å². The number of hydrogen-bond donors (Lipinski definition) is 1. The van der Waals surface area contributed by atoms with Crippen LogP contribution in [0, 0.1) is 11.8 Å². The van der Waals surface area contributed by atoms with E-state index in [0.717, 1.165) is 13.1 Å². The van der Waals surface area contributed by atoms with E-state index in [1.807, 2.05) is 18.9 Å². The minimum atomic E-state index is 0.121. The first-order valence-electron chi connectivity index (χ1n) is 7.53. The SMILES string of the molecule is CC(C)c1ccc(CN(C)C(=O)C(C)C2CNC2)cc1. The molecule has 1 aromatic carbocycles. The lowest BCUT2D eigenvalue weighted by Crippen LogP contribution is -2.49. The zero-order valence-electron chi connectivity index (χ0n) is 13.0. The van der Waals surface area contributed by atoms with E-state index in [4.69, 9.17) is 0 Å². The van der Waals surface area contributed by atoms with Gasteiger partial charge in [-0.3, -0.25) is 4.79 Å². The highest BCUT2D eigenvalue weighted by Crippen LogP contribution is 2.20. The molecule has 0 radical (unpaired) electrons. The Morgan fingerprint density at radius 2 is 1.85 bits per heavy atom. The maximum Gasteiger partial charge on any atom is 0.225 e. The summed E-state index contributed by atoms with van der Waals surface area (Å²) in [5.74, 6) is 1.43. The Kier molecular flexibility index (Phi) is 4.81. The van der Waals surface area contributed by atoms with Gasteiger partial charge in [0.1, 0.15) is 0 Å². The molecule has 20 heavy (non-hydrogen) atoms. The van der Waals surface area contributed by atoms with E-state index in [-0.39, 0.29) is 11.8 Å². The summed E-state index contributed by atoms with van der Waals surface area (Å²) in [4.78, 5) is 14.2. The molecule has 1 unspecified atom stereocenters. The van der Waals surface area contributed by atoms with E-state index in [1.165, 1.54) is 11.1 Å². The Morgan fingerprint density at radius 1 is 1.25 bits per heavy atom. The first-order valence-corrected chi connectivity index (χ1v) is 7.53. The second-order valence-corrected chi connectivity index (χ2v) is 6.30. The van der Waals surface area contributed by atoms with E-state index >= 15 is 0 Å². The Bertz CT molecular complexity index is 449. The summed E-state index contributed by atoms with van der Waals surface area (Å²) in [6, 6.07) is 8.60. The molecule has 1 fully saturated rings. The van der Waals surface area contributed by atoms with Crippen molar-refractivity contribution >= 4 is 5.91 Å². The molecule has 1 heterocycles. The van der Waals surface area contributed by atoms with Gasteiger partial charge in [0.25, 0.3) is 0 Å². The Balaban J connectivity index is 1.92. The molecule has 0 bridgehead atoms. The largest absolute Gasteiger partial charge is 0.341 e. The molecule has 3 heteroatoms. The Hall–Kier alpha value is -1.35. The molecule has 0 spiro atoms. The topological polar surface area (TPSA) is 32.3 Å². The van der Waals surface area contributed by atoms with Crippen LogP contribution in [0.5, 0.6) is 0 Å². The summed E-state index contributed by atoms with van der Waals surface area (Å²) in [5, 5.41) is 3.23. The third-order valence-corrected chi connectivity index (χ3v) is 4.35. The van der Waals surface area contributed by atoms with Crippen molar-refractivity contribution in [2.75, 3.05) is 20.1 Å². The maximum absolute atomic E-state index is 12.4. The molecule has 1 N–H and O–H groups in total. The predicted molar refractivity (Wildman–Crippen MR) is 82.5 cm³/mol. The van der Waals surface area contributed by atoms with Gasteiger partial charge in [0, 0.05) is 19.5 Å². The van der Waals surface area contributed by atoms with Crippen molar-refractivity contribution in [3.8, 4) is 0 Å². The van der Waals surface area contributed by atoms with Crippen LogP contribution in [0.3, 0.4) is 0 Å². The van der Waals surface area contributed by atoms with Gasteiger partial charge in [0.2, 0.25) is 5.91 Å². The third kappa shape index (κ3) is 3.40. The molecule has 0 saturated carbocycles. The fraction of sp³-hybridized carbons (Fsp3) is 0.588. The Morgan fingerprint density at radius 3 is 2.30 bits per heavy atom. The average Bonchev–Trinajstić information content (AvgIpc) is 2.36. The number of hydrogen-bond acceptors (Lipinski definition) is 2. The highest BCUT2D eigenvalue weighted by atomic mass is 16.2. The zero-order valence-corrected chi connectivity index (χ0v) is 13.0. The molecule has 0 aromatic heterocycles. The van der Waals surface area contributed by atoms with E-state index in [1.54, 1.807) is 0 Å². The van der Waals surface area contributed by atoms with Gasteiger partial charge in [0.15, 0.2) is 0 Å². The molecule has 0 aliphatic carbocycles. The van der Waals surface area contributed by atoms with Crippen molar-refractivity contribution in [1.82, 2.24) is 10.2 Å². The summed E-state index contributed by atoms with van der Waals surface area (Å²) in [5.41, 5.74) is 2.54. The number of nitrogens with zero attached hydrogens (tertiary/aromatic N) is 1. The first kappa shape index (κ1) is 15.0. The van der Waals surface area contributed by atoms with Gasteiger partial charge in [0.05, 0.1) is 0 Å². The fourth-order valence-electron chi connectivity index (χ4n) is 2.57. The van der Waals surface area contributed by atoms with Crippen LogP contribution in [0.15, 0.2) is 24.3 Å². The zero-order chi connectivity index (χ0) is 14.7. The van der Waals surface area contributed by atoms with Crippen molar-refractivity contribution in [3.05, 3.63) is 35.4 Å². The van der Waals surface area contributed by atoms with Gasteiger partial charge in [-0.15, -0.1) is 0 Å². The molecule has 1 amide bonds. The van der Waals surface area contributed by atoms with E-state index in [0.29, 0.717) is 18.4 Å². The third-order valence-electron chi connectivity index (χ3n) is 4.35. The van der Waals surface area contributed by atoms with E-state index in [9.17, 15) is 4.79 Å². The molecular weight excluding hydrogens is 248 g/mol. The Labute approximate surface area is 122 Å². The van der Waals surface area contributed by atoms with Crippen molar-refractivity contribution in [3.63, 3.8) is 0 Å². The summed E-state index contributed by atoms with van der Waals surface area (Å²) < 4.78 is 0. The minimum absolute atomic E-state index is 0.121. The van der Waals surface area contributed by atoms with Gasteiger partial charge < -0.3 is 10.2 Å². The molecular formula is C17H26N2O. The molecule has 1 aromatic rings. The van der Waals surface area contributed by atoms with Gasteiger partial charge in [-0.25, -0.2) is 0 Å². The van der Waals surface area contributed by atoms with Gasteiger partial charge in [-0.2, -0.15) is 0 Å².